The quantitative estimate of drug-likeness (QED) is 0.579. The van der Waals surface area contributed by atoms with Crippen LogP contribution in [0.1, 0.15) is 24.8 Å². The fourth-order valence-corrected chi connectivity index (χ4v) is 3.10. The molecule has 0 aliphatic rings. The van der Waals surface area contributed by atoms with Gasteiger partial charge in [-0.1, -0.05) is 29.3 Å². The molecule has 1 atom stereocenters. The Morgan fingerprint density at radius 1 is 1.36 bits per heavy atom. The van der Waals surface area contributed by atoms with Crippen molar-refractivity contribution in [3.8, 4) is 18.4 Å². The first-order valence-corrected chi connectivity index (χ1v) is 7.63. The van der Waals surface area contributed by atoms with E-state index in [4.69, 9.17) is 29.6 Å². The van der Waals surface area contributed by atoms with E-state index in [9.17, 15) is 5.26 Å². The summed E-state index contributed by atoms with van der Waals surface area (Å²) in [6, 6.07) is 7.68. The second-order valence-corrected chi connectivity index (χ2v) is 5.95. The fraction of sp³-hybridized carbons (Fsp3) is 0.294. The first kappa shape index (κ1) is 16.4. The second-order valence-electron chi connectivity index (χ2n) is 5.11. The molecule has 1 heterocycles. The predicted molar refractivity (Wildman–Crippen MR) is 88.7 cm³/mol. The van der Waals surface area contributed by atoms with Gasteiger partial charge in [0.05, 0.1) is 12.4 Å². The summed E-state index contributed by atoms with van der Waals surface area (Å²) in [6.07, 6.45) is 12.5. The van der Waals surface area contributed by atoms with Gasteiger partial charge in [0.2, 0.25) is 0 Å². The Balaban J connectivity index is 2.43. The zero-order valence-electron chi connectivity index (χ0n) is 12.0. The van der Waals surface area contributed by atoms with Gasteiger partial charge in [-0.2, -0.15) is 5.26 Å². The lowest BCUT2D eigenvalue weighted by atomic mass is 9.77. The third-order valence-corrected chi connectivity index (χ3v) is 4.14. The van der Waals surface area contributed by atoms with Crippen molar-refractivity contribution in [2.24, 2.45) is 0 Å². The molecule has 0 saturated carbocycles. The molecule has 0 fully saturated rings. The molecule has 1 unspecified atom stereocenters. The summed E-state index contributed by atoms with van der Waals surface area (Å²) >= 11 is 12.3. The molecule has 0 aliphatic heterocycles. The van der Waals surface area contributed by atoms with Crippen LogP contribution in [0.2, 0.25) is 10.0 Å². The number of imidazole rings is 1. The molecule has 2 rings (SSSR count). The molecule has 0 N–H and O–H groups in total. The van der Waals surface area contributed by atoms with Gasteiger partial charge < -0.3 is 4.57 Å². The molecule has 22 heavy (non-hydrogen) atoms. The van der Waals surface area contributed by atoms with E-state index in [0.29, 0.717) is 29.4 Å². The second kappa shape index (κ2) is 7.36. The number of aromatic nitrogens is 2. The van der Waals surface area contributed by atoms with Crippen LogP contribution in [0.4, 0.5) is 0 Å². The van der Waals surface area contributed by atoms with Gasteiger partial charge in [-0.05, 0) is 30.5 Å². The summed E-state index contributed by atoms with van der Waals surface area (Å²) < 4.78 is 1.88. The van der Waals surface area contributed by atoms with Crippen LogP contribution in [0.5, 0.6) is 0 Å². The number of nitriles is 1. The van der Waals surface area contributed by atoms with Gasteiger partial charge in [-0.25, -0.2) is 4.98 Å². The van der Waals surface area contributed by atoms with Gasteiger partial charge in [0, 0.05) is 35.4 Å². The van der Waals surface area contributed by atoms with Crippen molar-refractivity contribution in [2.45, 2.75) is 31.2 Å². The first-order chi connectivity index (χ1) is 10.6. The van der Waals surface area contributed by atoms with Crippen LogP contribution in [0.15, 0.2) is 36.9 Å². The van der Waals surface area contributed by atoms with Gasteiger partial charge in [0.25, 0.3) is 0 Å². The molecule has 0 aliphatic carbocycles. The van der Waals surface area contributed by atoms with Gasteiger partial charge in [0.1, 0.15) is 5.41 Å². The maximum absolute atomic E-state index is 9.89. The zero-order valence-corrected chi connectivity index (χ0v) is 13.5. The Kier molecular flexibility index (Phi) is 5.50. The lowest BCUT2D eigenvalue weighted by Gasteiger charge is -2.28. The molecule has 0 amide bonds. The standard InChI is InChI=1S/C17H15Cl2N3/c1-2-3-4-7-17(11-20,12-22-9-8-21-13-22)15-6-5-14(18)10-16(15)19/h1,5-6,8-10,13H,3-4,7,12H2. The first-order valence-electron chi connectivity index (χ1n) is 6.87. The normalized spacial score (nSPS) is 13.1. The Morgan fingerprint density at radius 2 is 2.18 bits per heavy atom. The van der Waals surface area contributed by atoms with Crippen LogP contribution in [0.3, 0.4) is 0 Å². The topological polar surface area (TPSA) is 41.6 Å². The Bertz CT molecular complexity index is 710. The summed E-state index contributed by atoms with van der Waals surface area (Å²) in [7, 11) is 0. The number of hydrogen-bond acceptors (Lipinski definition) is 2. The molecule has 0 spiro atoms. The predicted octanol–water partition coefficient (Wildman–Crippen LogP) is 4.45. The third-order valence-electron chi connectivity index (χ3n) is 3.60. The van der Waals surface area contributed by atoms with E-state index in [-0.39, 0.29) is 0 Å². The highest BCUT2D eigenvalue weighted by atomic mass is 35.5. The van der Waals surface area contributed by atoms with Crippen molar-refractivity contribution in [1.82, 2.24) is 9.55 Å². The molecule has 0 saturated heterocycles. The van der Waals surface area contributed by atoms with Crippen LogP contribution in [-0.2, 0) is 12.0 Å². The molecule has 5 heteroatoms. The highest BCUT2D eigenvalue weighted by Crippen LogP contribution is 2.37. The maximum atomic E-state index is 9.89. The van der Waals surface area contributed by atoms with Gasteiger partial charge in [-0.3, -0.25) is 0 Å². The number of halogens is 2. The summed E-state index contributed by atoms with van der Waals surface area (Å²) in [5, 5.41) is 10.9. The molecular formula is C17H15Cl2N3. The highest BCUT2D eigenvalue weighted by molar-refractivity contribution is 6.35. The number of terminal acetylenes is 1. The highest BCUT2D eigenvalue weighted by Gasteiger charge is 2.34. The number of nitrogens with zero attached hydrogens (tertiary/aromatic N) is 3. The molecule has 2 aromatic rings. The summed E-state index contributed by atoms with van der Waals surface area (Å²) in [5.41, 5.74) is 0.00551. The zero-order chi connectivity index (χ0) is 16.0. The lowest BCUT2D eigenvalue weighted by Crippen LogP contribution is -2.30. The third kappa shape index (κ3) is 3.63. The number of unbranched alkanes of at least 4 members (excludes halogenated alkanes) is 1. The molecule has 0 bridgehead atoms. The molecule has 0 radical (unpaired) electrons. The van der Waals surface area contributed by atoms with Crippen LogP contribution in [-0.4, -0.2) is 9.55 Å². The number of hydrogen-bond donors (Lipinski definition) is 0. The maximum Gasteiger partial charge on any atom is 0.102 e. The van der Waals surface area contributed by atoms with Gasteiger partial charge >= 0.3 is 0 Å². The Labute approximate surface area is 140 Å². The minimum Gasteiger partial charge on any atom is -0.336 e. The molecular weight excluding hydrogens is 317 g/mol. The smallest absolute Gasteiger partial charge is 0.102 e. The van der Waals surface area contributed by atoms with Crippen LogP contribution in [0.25, 0.3) is 0 Å². The molecule has 3 nitrogen and oxygen atoms in total. The number of rotatable bonds is 6. The minimum atomic E-state index is -0.765. The van der Waals surface area contributed by atoms with Crippen molar-refractivity contribution < 1.29 is 0 Å². The average molecular weight is 332 g/mol. The van der Waals surface area contributed by atoms with E-state index in [2.05, 4.69) is 17.0 Å². The Hall–Kier alpha value is -1.94. The SMILES string of the molecule is C#CCCCC(C#N)(Cn1ccnc1)c1ccc(Cl)cc1Cl. The summed E-state index contributed by atoms with van der Waals surface area (Å²) in [5.74, 6) is 2.62. The van der Waals surface area contributed by atoms with E-state index in [1.807, 2.05) is 16.8 Å². The van der Waals surface area contributed by atoms with Crippen molar-refractivity contribution in [3.05, 3.63) is 52.5 Å². The largest absolute Gasteiger partial charge is 0.336 e. The van der Waals surface area contributed by atoms with Crippen molar-refractivity contribution in [3.63, 3.8) is 0 Å². The molecule has 1 aromatic heterocycles. The van der Waals surface area contributed by atoms with Crippen molar-refractivity contribution in [2.75, 3.05) is 0 Å². The molecule has 1 aromatic carbocycles. The van der Waals surface area contributed by atoms with Crippen LogP contribution in [0, 0.1) is 23.7 Å². The fourth-order valence-electron chi connectivity index (χ4n) is 2.51. The van der Waals surface area contributed by atoms with E-state index in [1.165, 1.54) is 0 Å². The van der Waals surface area contributed by atoms with Gasteiger partial charge in [0.15, 0.2) is 0 Å². The van der Waals surface area contributed by atoms with E-state index in [0.717, 1.165) is 12.0 Å². The summed E-state index contributed by atoms with van der Waals surface area (Å²) in [6.45, 7) is 0.468. The molecule has 112 valence electrons. The summed E-state index contributed by atoms with van der Waals surface area (Å²) in [4.78, 5) is 4.03. The average Bonchev–Trinajstić information content (AvgIpc) is 2.99. The van der Waals surface area contributed by atoms with Crippen molar-refractivity contribution in [1.29, 1.82) is 5.26 Å². The van der Waals surface area contributed by atoms with Crippen LogP contribution < -0.4 is 0 Å². The van der Waals surface area contributed by atoms with Crippen LogP contribution >= 0.6 is 23.2 Å². The number of benzene rings is 1. The van der Waals surface area contributed by atoms with E-state index in [1.54, 1.807) is 24.7 Å². The van der Waals surface area contributed by atoms with Gasteiger partial charge in [-0.15, -0.1) is 12.3 Å². The van der Waals surface area contributed by atoms with Crippen molar-refractivity contribution >= 4 is 23.2 Å². The van der Waals surface area contributed by atoms with E-state index >= 15 is 0 Å². The van der Waals surface area contributed by atoms with E-state index < -0.39 is 5.41 Å². The lowest BCUT2D eigenvalue weighted by molar-refractivity contribution is 0.416. The Morgan fingerprint density at radius 3 is 2.77 bits per heavy atom. The minimum absolute atomic E-state index is 0.468. The monoisotopic (exact) mass is 331 g/mol.